The van der Waals surface area contributed by atoms with E-state index in [1.807, 2.05) is 11.8 Å². The fourth-order valence-electron chi connectivity index (χ4n) is 1.72. The number of thioether (sulfide) groups is 1. The van der Waals surface area contributed by atoms with Crippen LogP contribution in [-0.4, -0.2) is 49.0 Å². The Hall–Kier alpha value is 0.230. The number of nitrogens with one attached hydrogen (secondary N) is 1. The third kappa shape index (κ3) is 3.77. The lowest BCUT2D eigenvalue weighted by Crippen LogP contribution is -2.52. The molecule has 4 heteroatoms. The van der Waals surface area contributed by atoms with Gasteiger partial charge in [-0.3, -0.25) is 0 Å². The Balaban J connectivity index is 2.22. The van der Waals surface area contributed by atoms with E-state index in [0.717, 1.165) is 32.6 Å². The van der Waals surface area contributed by atoms with Crippen molar-refractivity contribution in [2.45, 2.75) is 24.8 Å². The minimum absolute atomic E-state index is 0.0589. The van der Waals surface area contributed by atoms with E-state index in [1.54, 1.807) is 0 Å². The molecule has 0 atom stereocenters. The van der Waals surface area contributed by atoms with Gasteiger partial charge in [-0.05, 0) is 37.8 Å². The van der Waals surface area contributed by atoms with Crippen molar-refractivity contribution in [3.8, 4) is 0 Å². The molecule has 0 amide bonds. The van der Waals surface area contributed by atoms with Gasteiger partial charge in [-0.25, -0.2) is 0 Å². The lowest BCUT2D eigenvalue weighted by molar-refractivity contribution is 0.0123. The molecule has 3 nitrogen and oxygen atoms in total. The molecular weight excluding hydrogens is 198 g/mol. The highest BCUT2D eigenvalue weighted by Gasteiger charge is 2.30. The molecule has 0 aliphatic carbocycles. The van der Waals surface area contributed by atoms with E-state index in [2.05, 4.69) is 11.6 Å². The van der Waals surface area contributed by atoms with E-state index >= 15 is 0 Å². The molecule has 0 spiro atoms. The molecule has 1 rings (SSSR count). The van der Waals surface area contributed by atoms with Crippen molar-refractivity contribution in [2.24, 2.45) is 0 Å². The first-order valence-corrected chi connectivity index (χ1v) is 6.65. The predicted molar refractivity (Wildman–Crippen MR) is 60.9 cm³/mol. The summed E-state index contributed by atoms with van der Waals surface area (Å²) in [5, 5.41) is 12.9. The standard InChI is InChI=1S/C10H21NO2S/c1-14-8-2-5-11-10(9-12)3-6-13-7-4-10/h11-12H,2-9H2,1H3. The van der Waals surface area contributed by atoms with Crippen LogP contribution in [0.4, 0.5) is 0 Å². The van der Waals surface area contributed by atoms with E-state index < -0.39 is 0 Å². The number of hydrogen-bond donors (Lipinski definition) is 2. The first-order valence-electron chi connectivity index (χ1n) is 5.25. The molecule has 1 fully saturated rings. The molecule has 84 valence electrons. The van der Waals surface area contributed by atoms with Gasteiger partial charge in [-0.15, -0.1) is 0 Å². The van der Waals surface area contributed by atoms with Gasteiger partial charge in [0.25, 0.3) is 0 Å². The largest absolute Gasteiger partial charge is 0.394 e. The Kier molecular flexibility index (Phi) is 5.86. The summed E-state index contributed by atoms with van der Waals surface area (Å²) >= 11 is 1.87. The van der Waals surface area contributed by atoms with Gasteiger partial charge in [-0.1, -0.05) is 0 Å². The number of ether oxygens (including phenoxy) is 1. The molecule has 1 heterocycles. The normalized spacial score (nSPS) is 21.0. The third-order valence-corrected chi connectivity index (χ3v) is 3.47. The second-order valence-corrected chi connectivity index (χ2v) is 4.81. The molecule has 0 unspecified atom stereocenters. The SMILES string of the molecule is CSCCCNC1(CO)CCOCC1. The molecule has 1 saturated heterocycles. The minimum Gasteiger partial charge on any atom is -0.394 e. The van der Waals surface area contributed by atoms with Gasteiger partial charge in [0, 0.05) is 18.8 Å². The lowest BCUT2D eigenvalue weighted by atomic mass is 9.91. The van der Waals surface area contributed by atoms with Gasteiger partial charge < -0.3 is 15.2 Å². The highest BCUT2D eigenvalue weighted by molar-refractivity contribution is 7.98. The zero-order chi connectivity index (χ0) is 10.3. The van der Waals surface area contributed by atoms with Gasteiger partial charge in [0.15, 0.2) is 0 Å². The maximum Gasteiger partial charge on any atom is 0.0615 e. The summed E-state index contributed by atoms with van der Waals surface area (Å²) in [5.41, 5.74) is -0.0589. The van der Waals surface area contributed by atoms with E-state index in [1.165, 1.54) is 12.2 Å². The van der Waals surface area contributed by atoms with Crippen LogP contribution in [0.15, 0.2) is 0 Å². The van der Waals surface area contributed by atoms with Crippen LogP contribution in [-0.2, 0) is 4.74 Å². The first-order chi connectivity index (χ1) is 6.83. The summed E-state index contributed by atoms with van der Waals surface area (Å²) in [7, 11) is 0. The Morgan fingerprint density at radius 3 is 2.71 bits per heavy atom. The second-order valence-electron chi connectivity index (χ2n) is 3.82. The molecular formula is C10H21NO2S. The van der Waals surface area contributed by atoms with Crippen molar-refractivity contribution in [1.29, 1.82) is 0 Å². The van der Waals surface area contributed by atoms with Gasteiger partial charge in [0.1, 0.15) is 0 Å². The number of aliphatic hydroxyl groups is 1. The van der Waals surface area contributed by atoms with Crippen molar-refractivity contribution < 1.29 is 9.84 Å². The molecule has 0 aromatic rings. The van der Waals surface area contributed by atoms with E-state index in [9.17, 15) is 5.11 Å². The van der Waals surface area contributed by atoms with Gasteiger partial charge in [-0.2, -0.15) is 11.8 Å². The van der Waals surface area contributed by atoms with Gasteiger partial charge in [0.05, 0.1) is 6.61 Å². The third-order valence-electron chi connectivity index (χ3n) is 2.78. The summed E-state index contributed by atoms with van der Waals surface area (Å²) in [4.78, 5) is 0. The van der Waals surface area contributed by atoms with E-state index in [4.69, 9.17) is 4.74 Å². The van der Waals surface area contributed by atoms with Crippen molar-refractivity contribution in [1.82, 2.24) is 5.32 Å². The number of rotatable bonds is 6. The number of aliphatic hydroxyl groups excluding tert-OH is 1. The molecule has 0 aromatic heterocycles. The van der Waals surface area contributed by atoms with Crippen LogP contribution in [0.25, 0.3) is 0 Å². The second kappa shape index (κ2) is 6.67. The van der Waals surface area contributed by atoms with Crippen LogP contribution >= 0.6 is 11.8 Å². The molecule has 0 aromatic carbocycles. The van der Waals surface area contributed by atoms with Crippen LogP contribution in [0.2, 0.25) is 0 Å². The van der Waals surface area contributed by atoms with Gasteiger partial charge in [0.2, 0.25) is 0 Å². The molecule has 1 aliphatic rings. The molecule has 2 N–H and O–H groups in total. The highest BCUT2D eigenvalue weighted by atomic mass is 32.2. The summed E-state index contributed by atoms with van der Waals surface area (Å²) < 4.78 is 5.30. The molecule has 0 radical (unpaired) electrons. The first kappa shape index (κ1) is 12.3. The quantitative estimate of drug-likeness (QED) is 0.651. The van der Waals surface area contributed by atoms with Crippen LogP contribution in [0.3, 0.4) is 0 Å². The van der Waals surface area contributed by atoms with Crippen molar-refractivity contribution in [3.05, 3.63) is 0 Å². The van der Waals surface area contributed by atoms with Gasteiger partial charge >= 0.3 is 0 Å². The average molecular weight is 219 g/mol. The Morgan fingerprint density at radius 1 is 1.43 bits per heavy atom. The maximum absolute atomic E-state index is 9.37. The highest BCUT2D eigenvalue weighted by Crippen LogP contribution is 2.19. The summed E-state index contributed by atoms with van der Waals surface area (Å²) in [5.74, 6) is 1.19. The zero-order valence-corrected chi connectivity index (χ0v) is 9.74. The van der Waals surface area contributed by atoms with E-state index in [-0.39, 0.29) is 12.1 Å². The summed E-state index contributed by atoms with van der Waals surface area (Å²) in [6.07, 6.45) is 5.16. The zero-order valence-electron chi connectivity index (χ0n) is 8.92. The topological polar surface area (TPSA) is 41.5 Å². The fourth-order valence-corrected chi connectivity index (χ4v) is 2.16. The van der Waals surface area contributed by atoms with Crippen LogP contribution in [0, 0.1) is 0 Å². The fraction of sp³-hybridized carbons (Fsp3) is 1.00. The molecule has 0 bridgehead atoms. The van der Waals surface area contributed by atoms with E-state index in [0.29, 0.717) is 0 Å². The Bertz CT molecular complexity index is 149. The van der Waals surface area contributed by atoms with Crippen LogP contribution in [0.5, 0.6) is 0 Å². The van der Waals surface area contributed by atoms with Crippen molar-refractivity contribution >= 4 is 11.8 Å². The maximum atomic E-state index is 9.37. The van der Waals surface area contributed by atoms with Crippen molar-refractivity contribution in [2.75, 3.05) is 38.4 Å². The lowest BCUT2D eigenvalue weighted by Gasteiger charge is -2.36. The van der Waals surface area contributed by atoms with Crippen molar-refractivity contribution in [3.63, 3.8) is 0 Å². The van der Waals surface area contributed by atoms with Crippen LogP contribution in [0.1, 0.15) is 19.3 Å². The number of hydrogen-bond acceptors (Lipinski definition) is 4. The molecule has 14 heavy (non-hydrogen) atoms. The Morgan fingerprint density at radius 2 is 2.14 bits per heavy atom. The monoisotopic (exact) mass is 219 g/mol. The molecule has 1 aliphatic heterocycles. The smallest absolute Gasteiger partial charge is 0.0615 e. The Labute approximate surface area is 90.6 Å². The average Bonchev–Trinajstić information content (AvgIpc) is 2.26. The minimum atomic E-state index is -0.0589. The van der Waals surface area contributed by atoms with Crippen LogP contribution < -0.4 is 5.32 Å². The predicted octanol–water partition coefficient (Wildman–Crippen LogP) is 0.871. The molecule has 0 saturated carbocycles. The summed E-state index contributed by atoms with van der Waals surface area (Å²) in [6.45, 7) is 2.78. The summed E-state index contributed by atoms with van der Waals surface area (Å²) in [6, 6.07) is 0.